The van der Waals surface area contributed by atoms with Gasteiger partial charge in [-0.15, -0.1) is 5.10 Å². The summed E-state index contributed by atoms with van der Waals surface area (Å²) in [6.45, 7) is 1.82. The zero-order valence-electron chi connectivity index (χ0n) is 7.11. The van der Waals surface area contributed by atoms with E-state index in [1.807, 2.05) is 0 Å². The minimum absolute atomic E-state index is 0.000880. The molecule has 8 heteroatoms. The Labute approximate surface area is 86.7 Å². The van der Waals surface area contributed by atoms with E-state index in [4.69, 9.17) is 0 Å². The third kappa shape index (κ3) is 1.90. The van der Waals surface area contributed by atoms with Gasteiger partial charge in [-0.25, -0.2) is 4.79 Å². The number of hydrogen-bond donors (Lipinski definition) is 1. The van der Waals surface area contributed by atoms with E-state index in [2.05, 4.69) is 30.9 Å². The van der Waals surface area contributed by atoms with Crippen molar-refractivity contribution >= 4 is 27.7 Å². The number of ether oxygens (including phenoxy) is 1. The first kappa shape index (κ1) is 10.6. The Morgan fingerprint density at radius 2 is 2.43 bits per heavy atom. The van der Waals surface area contributed by atoms with Crippen molar-refractivity contribution in [2.24, 2.45) is 0 Å². The SMILES string of the molecule is CCOC(=O)c1n[nH]c([N+](=O)[O-])c1Br. The van der Waals surface area contributed by atoms with Gasteiger partial charge >= 0.3 is 11.8 Å². The van der Waals surface area contributed by atoms with E-state index in [1.165, 1.54) is 0 Å². The van der Waals surface area contributed by atoms with Crippen molar-refractivity contribution in [1.29, 1.82) is 0 Å². The molecular weight excluding hydrogens is 258 g/mol. The molecule has 0 aliphatic carbocycles. The summed E-state index contributed by atoms with van der Waals surface area (Å²) in [5.74, 6) is -1.07. The van der Waals surface area contributed by atoms with Gasteiger partial charge in [0.25, 0.3) is 0 Å². The number of esters is 1. The number of aromatic nitrogens is 2. The fraction of sp³-hybridized carbons (Fsp3) is 0.333. The van der Waals surface area contributed by atoms with E-state index in [1.54, 1.807) is 6.92 Å². The summed E-state index contributed by atoms with van der Waals surface area (Å²) in [6, 6.07) is 0. The first-order valence-electron chi connectivity index (χ1n) is 3.63. The quantitative estimate of drug-likeness (QED) is 0.503. The van der Waals surface area contributed by atoms with Crippen LogP contribution in [-0.2, 0) is 4.74 Å². The number of rotatable bonds is 3. The van der Waals surface area contributed by atoms with Crippen molar-refractivity contribution in [1.82, 2.24) is 10.2 Å². The van der Waals surface area contributed by atoms with Gasteiger partial charge in [0.1, 0.15) is 4.47 Å². The van der Waals surface area contributed by atoms with Crippen LogP contribution in [0.1, 0.15) is 17.4 Å². The number of carbonyl (C=O) groups is 1. The zero-order chi connectivity index (χ0) is 10.7. The number of hydrogen-bond acceptors (Lipinski definition) is 5. The van der Waals surface area contributed by atoms with E-state index in [0.29, 0.717) is 0 Å². The van der Waals surface area contributed by atoms with Crippen LogP contribution in [0.2, 0.25) is 0 Å². The van der Waals surface area contributed by atoms with Gasteiger partial charge in [0.2, 0.25) is 5.69 Å². The Hall–Kier alpha value is -1.44. The zero-order valence-corrected chi connectivity index (χ0v) is 8.70. The summed E-state index contributed by atoms with van der Waals surface area (Å²) in [6.07, 6.45) is 0. The minimum atomic E-state index is -0.705. The van der Waals surface area contributed by atoms with Gasteiger partial charge in [0.15, 0.2) is 0 Å². The van der Waals surface area contributed by atoms with Crippen LogP contribution in [0.15, 0.2) is 4.47 Å². The molecule has 0 saturated heterocycles. The molecule has 0 atom stereocenters. The Morgan fingerprint density at radius 1 is 1.79 bits per heavy atom. The second-order valence-electron chi connectivity index (χ2n) is 2.21. The third-order valence-corrected chi connectivity index (χ3v) is 2.09. The first-order valence-corrected chi connectivity index (χ1v) is 4.42. The lowest BCUT2D eigenvalue weighted by Crippen LogP contribution is -2.05. The van der Waals surface area contributed by atoms with E-state index >= 15 is 0 Å². The lowest BCUT2D eigenvalue weighted by molar-refractivity contribution is -0.390. The summed E-state index contributed by atoms with van der Waals surface area (Å²) in [5.41, 5.74) is -0.126. The van der Waals surface area contributed by atoms with E-state index in [0.717, 1.165) is 0 Å². The van der Waals surface area contributed by atoms with Gasteiger partial charge in [-0.05, 0) is 27.8 Å². The van der Waals surface area contributed by atoms with Crippen molar-refractivity contribution < 1.29 is 14.5 Å². The Morgan fingerprint density at radius 3 is 2.86 bits per heavy atom. The van der Waals surface area contributed by atoms with Crippen LogP contribution in [0.25, 0.3) is 0 Å². The first-order chi connectivity index (χ1) is 6.57. The van der Waals surface area contributed by atoms with E-state index in [9.17, 15) is 14.9 Å². The summed E-state index contributed by atoms with van der Waals surface area (Å²) in [5, 5.41) is 16.0. The molecule has 0 aromatic carbocycles. The summed E-state index contributed by atoms with van der Waals surface area (Å²) in [7, 11) is 0. The van der Waals surface area contributed by atoms with Crippen LogP contribution in [0.4, 0.5) is 5.82 Å². The highest BCUT2D eigenvalue weighted by atomic mass is 79.9. The molecule has 0 aliphatic rings. The van der Waals surface area contributed by atoms with Crippen molar-refractivity contribution in [2.45, 2.75) is 6.92 Å². The number of nitrogens with one attached hydrogen (secondary N) is 1. The van der Waals surface area contributed by atoms with Crippen LogP contribution in [0, 0.1) is 10.1 Å². The molecule has 0 bridgehead atoms. The number of carbonyl (C=O) groups excluding carboxylic acids is 1. The van der Waals surface area contributed by atoms with Gasteiger partial charge in [-0.2, -0.15) is 0 Å². The van der Waals surface area contributed by atoms with Crippen LogP contribution < -0.4 is 0 Å². The maximum absolute atomic E-state index is 11.1. The highest BCUT2D eigenvalue weighted by Crippen LogP contribution is 2.25. The van der Waals surface area contributed by atoms with Gasteiger partial charge in [-0.1, -0.05) is 5.10 Å². The molecule has 0 aliphatic heterocycles. The molecule has 0 spiro atoms. The maximum Gasteiger partial charge on any atom is 0.362 e. The molecule has 1 heterocycles. The second kappa shape index (κ2) is 4.18. The van der Waals surface area contributed by atoms with Crippen molar-refractivity contribution in [3.63, 3.8) is 0 Å². The maximum atomic E-state index is 11.1. The fourth-order valence-electron chi connectivity index (χ4n) is 0.775. The standard InChI is InChI=1S/C6H6BrN3O4/c1-2-14-6(11)4-3(7)5(9-8-4)10(12)13/h2H2,1H3,(H,8,9). The largest absolute Gasteiger partial charge is 0.461 e. The number of H-pyrrole nitrogens is 1. The average molecular weight is 264 g/mol. The van der Waals surface area contributed by atoms with E-state index in [-0.39, 0.29) is 22.6 Å². The summed E-state index contributed by atoms with van der Waals surface area (Å²) < 4.78 is 4.63. The smallest absolute Gasteiger partial charge is 0.362 e. The fourth-order valence-corrected chi connectivity index (χ4v) is 1.26. The summed E-state index contributed by atoms with van der Waals surface area (Å²) >= 11 is 2.89. The Kier molecular flexibility index (Phi) is 3.18. The molecule has 14 heavy (non-hydrogen) atoms. The number of nitro groups is 1. The number of aromatic amines is 1. The lowest BCUT2D eigenvalue weighted by Gasteiger charge is -1.96. The molecule has 1 rings (SSSR count). The van der Waals surface area contributed by atoms with Gasteiger partial charge in [0.05, 0.1) is 6.61 Å². The highest BCUT2D eigenvalue weighted by Gasteiger charge is 2.25. The van der Waals surface area contributed by atoms with Crippen LogP contribution >= 0.6 is 15.9 Å². The molecule has 76 valence electrons. The van der Waals surface area contributed by atoms with Crippen LogP contribution in [0.5, 0.6) is 0 Å². The lowest BCUT2D eigenvalue weighted by atomic mass is 10.4. The third-order valence-electron chi connectivity index (χ3n) is 1.34. The van der Waals surface area contributed by atoms with Crippen molar-refractivity contribution in [3.8, 4) is 0 Å². The minimum Gasteiger partial charge on any atom is -0.461 e. The van der Waals surface area contributed by atoms with Gasteiger partial charge in [0, 0.05) is 0 Å². The van der Waals surface area contributed by atoms with Gasteiger partial charge in [-0.3, -0.25) is 0 Å². The Bertz CT molecular complexity index is 375. The van der Waals surface area contributed by atoms with E-state index < -0.39 is 10.9 Å². The number of nitrogens with zero attached hydrogens (tertiary/aromatic N) is 2. The summed E-state index contributed by atoms with van der Waals surface area (Å²) in [4.78, 5) is 20.8. The molecule has 0 fully saturated rings. The Balaban J connectivity index is 3.00. The molecule has 0 unspecified atom stereocenters. The molecule has 0 saturated carbocycles. The molecular formula is C6H6BrN3O4. The number of halogens is 1. The van der Waals surface area contributed by atoms with Crippen molar-refractivity contribution in [2.75, 3.05) is 6.61 Å². The van der Waals surface area contributed by atoms with Crippen LogP contribution in [-0.4, -0.2) is 27.7 Å². The molecule has 1 aromatic heterocycles. The topological polar surface area (TPSA) is 98.1 Å². The van der Waals surface area contributed by atoms with Crippen molar-refractivity contribution in [3.05, 3.63) is 20.3 Å². The highest BCUT2D eigenvalue weighted by molar-refractivity contribution is 9.10. The monoisotopic (exact) mass is 263 g/mol. The van der Waals surface area contributed by atoms with Crippen LogP contribution in [0.3, 0.4) is 0 Å². The normalized spacial score (nSPS) is 9.86. The van der Waals surface area contributed by atoms with Gasteiger partial charge < -0.3 is 14.9 Å². The molecule has 7 nitrogen and oxygen atoms in total. The molecule has 0 radical (unpaired) electrons. The predicted octanol–water partition coefficient (Wildman–Crippen LogP) is 1.26. The average Bonchev–Trinajstić information content (AvgIpc) is 2.47. The predicted molar refractivity (Wildman–Crippen MR) is 48.9 cm³/mol. The second-order valence-corrected chi connectivity index (χ2v) is 3.01. The molecule has 1 N–H and O–H groups in total. The molecule has 1 aromatic rings. The molecule has 0 amide bonds.